The Balaban J connectivity index is 1.52. The minimum absolute atomic E-state index is 0.0322. The number of benzene rings is 1. The summed E-state index contributed by atoms with van der Waals surface area (Å²) in [7, 11) is 0. The monoisotopic (exact) mass is 261 g/mol. The molecule has 19 heavy (non-hydrogen) atoms. The van der Waals surface area contributed by atoms with E-state index < -0.39 is 0 Å². The number of amides is 1. The minimum Gasteiger partial charge on any atom is -0.484 e. The van der Waals surface area contributed by atoms with E-state index in [1.54, 1.807) is 0 Å². The second-order valence-electron chi connectivity index (χ2n) is 5.24. The SMILES string of the molecule is O=C(COc1ccccc1)NCCCC1CCCC1. The Morgan fingerprint density at radius 3 is 2.68 bits per heavy atom. The zero-order valence-corrected chi connectivity index (χ0v) is 11.4. The van der Waals surface area contributed by atoms with E-state index in [1.807, 2.05) is 30.3 Å². The van der Waals surface area contributed by atoms with Crippen LogP contribution in [0.5, 0.6) is 5.75 Å². The van der Waals surface area contributed by atoms with Crippen molar-refractivity contribution in [2.45, 2.75) is 38.5 Å². The van der Waals surface area contributed by atoms with Crippen molar-refractivity contribution >= 4 is 5.91 Å². The third-order valence-corrected chi connectivity index (χ3v) is 3.70. The highest BCUT2D eigenvalue weighted by atomic mass is 16.5. The van der Waals surface area contributed by atoms with Gasteiger partial charge in [0.15, 0.2) is 6.61 Å². The van der Waals surface area contributed by atoms with Gasteiger partial charge in [-0.2, -0.15) is 0 Å². The van der Waals surface area contributed by atoms with E-state index in [-0.39, 0.29) is 12.5 Å². The van der Waals surface area contributed by atoms with Crippen molar-refractivity contribution in [3.05, 3.63) is 30.3 Å². The van der Waals surface area contributed by atoms with Crippen molar-refractivity contribution < 1.29 is 9.53 Å². The van der Waals surface area contributed by atoms with Crippen LogP contribution in [0.25, 0.3) is 0 Å². The van der Waals surface area contributed by atoms with Gasteiger partial charge < -0.3 is 10.1 Å². The van der Waals surface area contributed by atoms with Gasteiger partial charge >= 0.3 is 0 Å². The van der Waals surface area contributed by atoms with Gasteiger partial charge in [0.2, 0.25) is 0 Å². The molecule has 0 heterocycles. The molecule has 1 saturated carbocycles. The number of rotatable bonds is 7. The Labute approximate surface area is 115 Å². The molecule has 104 valence electrons. The van der Waals surface area contributed by atoms with Gasteiger partial charge in [-0.15, -0.1) is 0 Å². The van der Waals surface area contributed by atoms with E-state index in [0.29, 0.717) is 0 Å². The Hall–Kier alpha value is -1.51. The van der Waals surface area contributed by atoms with E-state index in [4.69, 9.17) is 4.74 Å². The average Bonchev–Trinajstić information content (AvgIpc) is 2.96. The molecule has 1 aromatic rings. The molecular weight excluding hydrogens is 238 g/mol. The summed E-state index contributed by atoms with van der Waals surface area (Å²) in [5.41, 5.74) is 0. The molecule has 0 bridgehead atoms. The fourth-order valence-corrected chi connectivity index (χ4v) is 2.63. The van der Waals surface area contributed by atoms with Crippen LogP contribution in [-0.4, -0.2) is 19.1 Å². The number of hydrogen-bond donors (Lipinski definition) is 1. The molecule has 1 aromatic carbocycles. The lowest BCUT2D eigenvalue weighted by Crippen LogP contribution is -2.29. The highest BCUT2D eigenvalue weighted by Gasteiger charge is 2.14. The fourth-order valence-electron chi connectivity index (χ4n) is 2.63. The first-order valence-corrected chi connectivity index (χ1v) is 7.29. The van der Waals surface area contributed by atoms with Gasteiger partial charge in [-0.05, 0) is 30.9 Å². The van der Waals surface area contributed by atoms with Crippen LogP contribution >= 0.6 is 0 Å². The fraction of sp³-hybridized carbons (Fsp3) is 0.562. The third-order valence-electron chi connectivity index (χ3n) is 3.70. The molecule has 1 amide bonds. The Morgan fingerprint density at radius 1 is 1.21 bits per heavy atom. The molecule has 1 fully saturated rings. The maximum atomic E-state index is 11.6. The molecule has 0 saturated heterocycles. The molecule has 0 aliphatic heterocycles. The predicted molar refractivity (Wildman–Crippen MR) is 76.1 cm³/mol. The quantitative estimate of drug-likeness (QED) is 0.766. The summed E-state index contributed by atoms with van der Waals surface area (Å²) in [5.74, 6) is 1.61. The summed E-state index contributed by atoms with van der Waals surface area (Å²) in [6.45, 7) is 0.876. The highest BCUT2D eigenvalue weighted by Crippen LogP contribution is 2.28. The molecule has 3 heteroatoms. The summed E-state index contributed by atoms with van der Waals surface area (Å²) in [6.07, 6.45) is 7.88. The van der Waals surface area contributed by atoms with Gasteiger partial charge in [-0.1, -0.05) is 43.9 Å². The average molecular weight is 261 g/mol. The first-order chi connectivity index (χ1) is 9.34. The van der Waals surface area contributed by atoms with Crippen LogP contribution < -0.4 is 10.1 Å². The van der Waals surface area contributed by atoms with Gasteiger partial charge in [-0.3, -0.25) is 4.79 Å². The number of para-hydroxylation sites is 1. The van der Waals surface area contributed by atoms with Gasteiger partial charge in [0, 0.05) is 6.54 Å². The number of ether oxygens (including phenoxy) is 1. The predicted octanol–water partition coefficient (Wildman–Crippen LogP) is 3.15. The van der Waals surface area contributed by atoms with Gasteiger partial charge in [-0.25, -0.2) is 0 Å². The van der Waals surface area contributed by atoms with Crippen molar-refractivity contribution in [1.29, 1.82) is 0 Å². The molecule has 0 atom stereocenters. The Bertz CT molecular complexity index is 372. The van der Waals surface area contributed by atoms with Crippen LogP contribution in [-0.2, 0) is 4.79 Å². The molecule has 0 spiro atoms. The van der Waals surface area contributed by atoms with Crippen molar-refractivity contribution in [2.75, 3.05) is 13.2 Å². The van der Waals surface area contributed by atoms with Crippen molar-refractivity contribution in [3.63, 3.8) is 0 Å². The molecule has 0 unspecified atom stereocenters. The normalized spacial score (nSPS) is 15.4. The van der Waals surface area contributed by atoms with Crippen LogP contribution in [0.1, 0.15) is 38.5 Å². The smallest absolute Gasteiger partial charge is 0.257 e. The largest absolute Gasteiger partial charge is 0.484 e. The van der Waals surface area contributed by atoms with Crippen molar-refractivity contribution in [1.82, 2.24) is 5.32 Å². The summed E-state index contributed by atoms with van der Waals surface area (Å²) < 4.78 is 5.39. The zero-order chi connectivity index (χ0) is 13.3. The number of hydrogen-bond acceptors (Lipinski definition) is 2. The summed E-state index contributed by atoms with van der Waals surface area (Å²) in [4.78, 5) is 11.6. The zero-order valence-electron chi connectivity index (χ0n) is 11.4. The summed E-state index contributed by atoms with van der Waals surface area (Å²) >= 11 is 0. The molecule has 0 aromatic heterocycles. The Kier molecular flexibility index (Phi) is 5.73. The van der Waals surface area contributed by atoms with E-state index in [1.165, 1.54) is 32.1 Å². The lowest BCUT2D eigenvalue weighted by atomic mass is 10.0. The maximum Gasteiger partial charge on any atom is 0.257 e. The van der Waals surface area contributed by atoms with E-state index in [2.05, 4.69) is 5.32 Å². The second-order valence-corrected chi connectivity index (χ2v) is 5.24. The number of carbonyl (C=O) groups excluding carboxylic acids is 1. The Morgan fingerprint density at radius 2 is 1.95 bits per heavy atom. The molecule has 1 aliphatic rings. The molecular formula is C16H23NO2. The van der Waals surface area contributed by atoms with E-state index in [0.717, 1.165) is 24.6 Å². The van der Waals surface area contributed by atoms with Crippen LogP contribution in [0.4, 0.5) is 0 Å². The minimum atomic E-state index is -0.0322. The van der Waals surface area contributed by atoms with Crippen molar-refractivity contribution in [3.8, 4) is 5.75 Å². The number of nitrogens with one attached hydrogen (secondary N) is 1. The lowest BCUT2D eigenvalue weighted by Gasteiger charge is -2.10. The summed E-state index contributed by atoms with van der Waals surface area (Å²) in [5, 5.41) is 2.91. The van der Waals surface area contributed by atoms with Crippen molar-refractivity contribution in [2.24, 2.45) is 5.92 Å². The first-order valence-electron chi connectivity index (χ1n) is 7.29. The second kappa shape index (κ2) is 7.82. The topological polar surface area (TPSA) is 38.3 Å². The summed E-state index contributed by atoms with van der Waals surface area (Å²) in [6, 6.07) is 9.43. The lowest BCUT2D eigenvalue weighted by molar-refractivity contribution is -0.123. The van der Waals surface area contributed by atoms with Gasteiger partial charge in [0.05, 0.1) is 0 Å². The molecule has 1 aliphatic carbocycles. The molecule has 3 nitrogen and oxygen atoms in total. The van der Waals surface area contributed by atoms with Gasteiger partial charge in [0.25, 0.3) is 5.91 Å². The number of carbonyl (C=O) groups is 1. The molecule has 2 rings (SSSR count). The van der Waals surface area contributed by atoms with Crippen LogP contribution in [0, 0.1) is 5.92 Å². The van der Waals surface area contributed by atoms with Crippen LogP contribution in [0.3, 0.4) is 0 Å². The van der Waals surface area contributed by atoms with E-state index in [9.17, 15) is 4.79 Å². The molecule has 1 N–H and O–H groups in total. The van der Waals surface area contributed by atoms with E-state index >= 15 is 0 Å². The first kappa shape index (κ1) is 13.9. The standard InChI is InChI=1S/C16H23NO2/c18-16(13-19-15-10-2-1-3-11-15)17-12-6-9-14-7-4-5-8-14/h1-3,10-11,14H,4-9,12-13H2,(H,17,18). The highest BCUT2D eigenvalue weighted by molar-refractivity contribution is 5.77. The van der Waals surface area contributed by atoms with Crippen LogP contribution in [0.15, 0.2) is 30.3 Å². The molecule has 0 radical (unpaired) electrons. The third kappa shape index (κ3) is 5.33. The van der Waals surface area contributed by atoms with Crippen LogP contribution in [0.2, 0.25) is 0 Å². The maximum absolute atomic E-state index is 11.6. The van der Waals surface area contributed by atoms with Gasteiger partial charge in [0.1, 0.15) is 5.75 Å².